The Morgan fingerprint density at radius 1 is 1.06 bits per heavy atom. The molecule has 3 saturated heterocycles. The van der Waals surface area contributed by atoms with E-state index in [4.69, 9.17) is 9.47 Å². The molecule has 0 aliphatic carbocycles. The van der Waals surface area contributed by atoms with Gasteiger partial charge in [-0.2, -0.15) is 13.2 Å². The lowest BCUT2D eigenvalue weighted by atomic mass is 9.90. The SMILES string of the molecule is CCOC1(c2cccc(C(=O)N3CC4CN(c5ccc(C(F)(F)F)cc5)CC4C3)c2)COC1. The van der Waals surface area contributed by atoms with Crippen LogP contribution < -0.4 is 4.90 Å². The fraction of sp³-hybridized carbons (Fsp3) is 0.480. The van der Waals surface area contributed by atoms with Gasteiger partial charge in [0.25, 0.3) is 5.91 Å². The molecule has 2 unspecified atom stereocenters. The highest BCUT2D eigenvalue weighted by molar-refractivity contribution is 5.94. The van der Waals surface area contributed by atoms with Crippen molar-refractivity contribution in [3.05, 3.63) is 65.2 Å². The summed E-state index contributed by atoms with van der Waals surface area (Å²) in [5, 5.41) is 0. The Morgan fingerprint density at radius 2 is 1.73 bits per heavy atom. The number of hydrogen-bond acceptors (Lipinski definition) is 4. The summed E-state index contributed by atoms with van der Waals surface area (Å²) < 4.78 is 49.8. The van der Waals surface area contributed by atoms with Crippen molar-refractivity contribution in [1.29, 1.82) is 0 Å². The van der Waals surface area contributed by atoms with Gasteiger partial charge in [-0.1, -0.05) is 12.1 Å². The third kappa shape index (κ3) is 4.10. The van der Waals surface area contributed by atoms with E-state index in [-0.39, 0.29) is 5.91 Å². The van der Waals surface area contributed by atoms with Crippen molar-refractivity contribution in [2.75, 3.05) is 50.9 Å². The van der Waals surface area contributed by atoms with E-state index in [1.807, 2.05) is 36.1 Å². The molecular weight excluding hydrogens is 433 g/mol. The van der Waals surface area contributed by atoms with Crippen LogP contribution in [0.5, 0.6) is 0 Å². The number of ether oxygens (including phenoxy) is 2. The summed E-state index contributed by atoms with van der Waals surface area (Å²) in [6.07, 6.45) is -4.33. The Bertz CT molecular complexity index is 1010. The number of amides is 1. The molecule has 0 aromatic heterocycles. The predicted molar refractivity (Wildman–Crippen MR) is 117 cm³/mol. The van der Waals surface area contributed by atoms with E-state index in [9.17, 15) is 18.0 Å². The predicted octanol–water partition coefficient (Wildman–Crippen LogP) is 4.18. The molecule has 0 radical (unpaired) electrons. The van der Waals surface area contributed by atoms with Gasteiger partial charge in [0.15, 0.2) is 0 Å². The van der Waals surface area contributed by atoms with Gasteiger partial charge in [-0.25, -0.2) is 0 Å². The highest BCUT2D eigenvalue weighted by Gasteiger charge is 2.44. The first-order chi connectivity index (χ1) is 15.8. The fourth-order valence-electron chi connectivity index (χ4n) is 5.25. The third-order valence-electron chi connectivity index (χ3n) is 7.06. The van der Waals surface area contributed by atoms with Crippen molar-refractivity contribution in [3.8, 4) is 0 Å². The molecule has 2 atom stereocenters. The number of carbonyl (C=O) groups excluding carboxylic acids is 1. The Balaban J connectivity index is 1.23. The molecule has 8 heteroatoms. The molecule has 3 heterocycles. The molecule has 3 fully saturated rings. The molecule has 2 aromatic carbocycles. The van der Waals surface area contributed by atoms with Gasteiger partial charge in [-0.3, -0.25) is 4.79 Å². The number of likely N-dealkylation sites (tertiary alicyclic amines) is 1. The van der Waals surface area contributed by atoms with Crippen LogP contribution in [0.1, 0.15) is 28.4 Å². The van der Waals surface area contributed by atoms with Crippen LogP contribution in [0, 0.1) is 11.8 Å². The maximum atomic E-state index is 13.2. The second-order valence-corrected chi connectivity index (χ2v) is 9.18. The van der Waals surface area contributed by atoms with Gasteiger partial charge in [-0.05, 0) is 48.9 Å². The van der Waals surface area contributed by atoms with Crippen LogP contribution in [0.3, 0.4) is 0 Å². The Hall–Kier alpha value is -2.58. The van der Waals surface area contributed by atoms with Crippen LogP contribution in [0.4, 0.5) is 18.9 Å². The summed E-state index contributed by atoms with van der Waals surface area (Å²) in [5.74, 6) is 0.641. The number of carbonyl (C=O) groups is 1. The normalized spacial score (nSPS) is 24.0. The number of hydrogen-bond donors (Lipinski definition) is 0. The molecular formula is C25H27F3N2O3. The van der Waals surface area contributed by atoms with Crippen molar-refractivity contribution in [2.24, 2.45) is 11.8 Å². The largest absolute Gasteiger partial charge is 0.416 e. The maximum Gasteiger partial charge on any atom is 0.416 e. The zero-order chi connectivity index (χ0) is 23.2. The van der Waals surface area contributed by atoms with Crippen LogP contribution in [-0.2, 0) is 21.3 Å². The zero-order valence-corrected chi connectivity index (χ0v) is 18.5. The molecule has 5 nitrogen and oxygen atoms in total. The number of alkyl halides is 3. The molecule has 0 saturated carbocycles. The summed E-state index contributed by atoms with van der Waals surface area (Å²) in [6.45, 7) is 6.31. The smallest absolute Gasteiger partial charge is 0.375 e. The van der Waals surface area contributed by atoms with Crippen molar-refractivity contribution in [3.63, 3.8) is 0 Å². The number of anilines is 1. The first-order valence-corrected chi connectivity index (χ1v) is 11.3. The van der Waals surface area contributed by atoms with Gasteiger partial charge in [0.2, 0.25) is 0 Å². The fourth-order valence-corrected chi connectivity index (χ4v) is 5.25. The molecule has 0 spiro atoms. The minimum Gasteiger partial charge on any atom is -0.375 e. The van der Waals surface area contributed by atoms with Gasteiger partial charge < -0.3 is 19.3 Å². The average Bonchev–Trinajstić information content (AvgIpc) is 3.35. The van der Waals surface area contributed by atoms with Gasteiger partial charge >= 0.3 is 6.18 Å². The van der Waals surface area contributed by atoms with Gasteiger partial charge in [0, 0.05) is 55.9 Å². The number of nitrogens with zero attached hydrogens (tertiary/aromatic N) is 2. The lowest BCUT2D eigenvalue weighted by Crippen LogP contribution is -2.49. The minimum absolute atomic E-state index is 0.0132. The molecule has 3 aliphatic heterocycles. The number of benzene rings is 2. The van der Waals surface area contributed by atoms with Crippen LogP contribution in [0.25, 0.3) is 0 Å². The van der Waals surface area contributed by atoms with E-state index in [0.29, 0.717) is 50.3 Å². The lowest BCUT2D eigenvalue weighted by Gasteiger charge is -2.41. The number of fused-ring (bicyclic) bond motifs is 1. The topological polar surface area (TPSA) is 42.0 Å². The van der Waals surface area contributed by atoms with E-state index in [0.717, 1.165) is 36.5 Å². The summed E-state index contributed by atoms with van der Waals surface area (Å²) >= 11 is 0. The van der Waals surface area contributed by atoms with Crippen LogP contribution in [-0.4, -0.2) is 56.8 Å². The summed E-state index contributed by atoms with van der Waals surface area (Å²) in [4.78, 5) is 17.3. The third-order valence-corrected chi connectivity index (χ3v) is 7.06. The lowest BCUT2D eigenvalue weighted by molar-refractivity contribution is -0.214. The zero-order valence-electron chi connectivity index (χ0n) is 18.5. The highest BCUT2D eigenvalue weighted by Crippen LogP contribution is 2.37. The van der Waals surface area contributed by atoms with E-state index in [1.165, 1.54) is 12.1 Å². The molecule has 0 bridgehead atoms. The van der Waals surface area contributed by atoms with Crippen LogP contribution in [0.15, 0.2) is 48.5 Å². The van der Waals surface area contributed by atoms with E-state index in [1.54, 1.807) is 0 Å². The molecule has 0 N–H and O–H groups in total. The van der Waals surface area contributed by atoms with Gasteiger partial charge in [0.1, 0.15) is 5.60 Å². The molecule has 176 valence electrons. The van der Waals surface area contributed by atoms with E-state index >= 15 is 0 Å². The van der Waals surface area contributed by atoms with Crippen molar-refractivity contribution in [2.45, 2.75) is 18.7 Å². The minimum atomic E-state index is -4.33. The molecule has 33 heavy (non-hydrogen) atoms. The summed E-state index contributed by atoms with van der Waals surface area (Å²) in [7, 11) is 0. The number of halogens is 3. The first-order valence-electron chi connectivity index (χ1n) is 11.3. The van der Waals surface area contributed by atoms with Crippen molar-refractivity contribution < 1.29 is 27.4 Å². The Kier molecular flexibility index (Phi) is 5.61. The second kappa shape index (κ2) is 8.33. The molecule has 1 amide bonds. The van der Waals surface area contributed by atoms with E-state index in [2.05, 4.69) is 4.90 Å². The van der Waals surface area contributed by atoms with Crippen molar-refractivity contribution in [1.82, 2.24) is 4.90 Å². The highest BCUT2D eigenvalue weighted by atomic mass is 19.4. The summed E-state index contributed by atoms with van der Waals surface area (Å²) in [6, 6.07) is 13.0. The van der Waals surface area contributed by atoms with Crippen LogP contribution >= 0.6 is 0 Å². The molecule has 3 aliphatic rings. The number of rotatable bonds is 5. The van der Waals surface area contributed by atoms with Gasteiger partial charge in [-0.15, -0.1) is 0 Å². The molecule has 5 rings (SSSR count). The van der Waals surface area contributed by atoms with Gasteiger partial charge in [0.05, 0.1) is 18.8 Å². The van der Waals surface area contributed by atoms with Crippen LogP contribution in [0.2, 0.25) is 0 Å². The monoisotopic (exact) mass is 460 g/mol. The average molecular weight is 460 g/mol. The second-order valence-electron chi connectivity index (χ2n) is 9.18. The Labute approximate surface area is 191 Å². The first kappa shape index (κ1) is 22.2. The Morgan fingerprint density at radius 3 is 2.27 bits per heavy atom. The van der Waals surface area contributed by atoms with E-state index < -0.39 is 17.3 Å². The summed E-state index contributed by atoms with van der Waals surface area (Å²) in [5.41, 5.74) is 1.32. The quantitative estimate of drug-likeness (QED) is 0.672. The van der Waals surface area contributed by atoms with Crippen molar-refractivity contribution >= 4 is 11.6 Å². The standard InChI is InChI=1S/C25H27F3N2O3/c1-2-33-24(15-32-16-24)21-5-3-4-17(10-21)23(31)30-13-18-11-29(12-19(18)14-30)22-8-6-20(7-9-22)25(26,27)28/h3-10,18-19H,2,11-16H2,1H3. The molecule has 2 aromatic rings. The maximum absolute atomic E-state index is 13.2.